The largest absolute Gasteiger partial charge is 0.454 e. The van der Waals surface area contributed by atoms with Crippen molar-refractivity contribution in [3.05, 3.63) is 23.8 Å². The summed E-state index contributed by atoms with van der Waals surface area (Å²) in [7, 11) is 1.64. The molecule has 1 aliphatic heterocycles. The zero-order valence-electron chi connectivity index (χ0n) is 13.0. The summed E-state index contributed by atoms with van der Waals surface area (Å²) in [6.07, 6.45) is 0. The van der Waals surface area contributed by atoms with Crippen molar-refractivity contribution >= 4 is 18.3 Å². The lowest BCUT2D eigenvalue weighted by Crippen LogP contribution is -2.38. The Hall–Kier alpha value is -1.50. The number of hydrogen-bond acceptors (Lipinski definition) is 5. The second kappa shape index (κ2) is 9.50. The fourth-order valence-corrected chi connectivity index (χ4v) is 2.12. The van der Waals surface area contributed by atoms with Gasteiger partial charge >= 0.3 is 0 Å². The smallest absolute Gasteiger partial charge is 0.236 e. The second-order valence-electron chi connectivity index (χ2n) is 4.77. The number of likely N-dealkylation sites (N-methyl/N-ethyl adjacent to an activating group) is 1. The van der Waals surface area contributed by atoms with Crippen LogP contribution in [0.25, 0.3) is 0 Å². The van der Waals surface area contributed by atoms with Gasteiger partial charge in [-0.15, -0.1) is 12.4 Å². The van der Waals surface area contributed by atoms with Crippen molar-refractivity contribution in [2.24, 2.45) is 0 Å². The van der Waals surface area contributed by atoms with Gasteiger partial charge < -0.3 is 24.4 Å². The Morgan fingerprint density at radius 3 is 2.86 bits per heavy atom. The van der Waals surface area contributed by atoms with Gasteiger partial charge in [0.25, 0.3) is 0 Å². The fraction of sp³-hybridized carbons (Fsp3) is 0.533. The normalized spacial score (nSPS) is 11.9. The number of carbonyl (C=O) groups excluding carboxylic acids is 1. The molecule has 1 amide bonds. The van der Waals surface area contributed by atoms with Crippen LogP contribution >= 0.6 is 12.4 Å². The van der Waals surface area contributed by atoms with E-state index >= 15 is 0 Å². The minimum atomic E-state index is 0. The highest BCUT2D eigenvalue weighted by Crippen LogP contribution is 2.32. The van der Waals surface area contributed by atoms with Gasteiger partial charge in [-0.3, -0.25) is 4.79 Å². The molecular formula is C15H23ClN2O4. The van der Waals surface area contributed by atoms with Crippen molar-refractivity contribution in [3.63, 3.8) is 0 Å². The van der Waals surface area contributed by atoms with Crippen LogP contribution in [0.1, 0.15) is 12.5 Å². The molecule has 0 atom stereocenters. The Kier molecular flexibility index (Phi) is 8.01. The van der Waals surface area contributed by atoms with E-state index in [9.17, 15) is 4.79 Å². The molecule has 22 heavy (non-hydrogen) atoms. The molecule has 2 rings (SSSR count). The van der Waals surface area contributed by atoms with Crippen LogP contribution in [0.3, 0.4) is 0 Å². The van der Waals surface area contributed by atoms with Crippen molar-refractivity contribution in [2.45, 2.75) is 13.5 Å². The van der Waals surface area contributed by atoms with Crippen LogP contribution in [0.5, 0.6) is 11.5 Å². The molecule has 124 valence electrons. The minimum absolute atomic E-state index is 0. The summed E-state index contributed by atoms with van der Waals surface area (Å²) in [5, 5.41) is 3.07. The lowest BCUT2D eigenvalue weighted by Gasteiger charge is -2.21. The van der Waals surface area contributed by atoms with Crippen molar-refractivity contribution in [1.82, 2.24) is 10.2 Å². The summed E-state index contributed by atoms with van der Waals surface area (Å²) in [5.41, 5.74) is 1.03. The number of rotatable bonds is 8. The Labute approximate surface area is 137 Å². The molecule has 0 radical (unpaired) electrons. The van der Waals surface area contributed by atoms with Gasteiger partial charge in [-0.05, 0) is 24.6 Å². The summed E-state index contributed by atoms with van der Waals surface area (Å²) in [6, 6.07) is 5.77. The SMILES string of the molecule is CCN(Cc1ccc2c(c1)OCO2)C(=O)CNCCOC.Cl. The zero-order chi connectivity index (χ0) is 15.1. The van der Waals surface area contributed by atoms with Crippen LogP contribution in [0.15, 0.2) is 18.2 Å². The molecular weight excluding hydrogens is 308 g/mol. The van der Waals surface area contributed by atoms with Gasteiger partial charge in [0, 0.05) is 26.7 Å². The number of benzene rings is 1. The molecule has 1 heterocycles. The monoisotopic (exact) mass is 330 g/mol. The minimum Gasteiger partial charge on any atom is -0.454 e. The molecule has 1 aromatic rings. The first-order valence-electron chi connectivity index (χ1n) is 7.10. The summed E-state index contributed by atoms with van der Waals surface area (Å²) in [5.74, 6) is 1.58. The number of hydrogen-bond donors (Lipinski definition) is 1. The maximum atomic E-state index is 12.1. The van der Waals surface area contributed by atoms with Crippen LogP contribution in [-0.2, 0) is 16.1 Å². The van der Waals surface area contributed by atoms with Crippen LogP contribution < -0.4 is 14.8 Å². The molecule has 1 aromatic carbocycles. The van der Waals surface area contributed by atoms with Crippen LogP contribution in [-0.4, -0.2) is 51.0 Å². The number of nitrogens with zero attached hydrogens (tertiary/aromatic N) is 1. The molecule has 0 bridgehead atoms. The first-order valence-corrected chi connectivity index (χ1v) is 7.10. The maximum absolute atomic E-state index is 12.1. The summed E-state index contributed by atoms with van der Waals surface area (Å²) in [6.45, 7) is 5.06. The van der Waals surface area contributed by atoms with E-state index in [2.05, 4.69) is 5.32 Å². The topological polar surface area (TPSA) is 60.0 Å². The molecule has 0 fully saturated rings. The Morgan fingerprint density at radius 1 is 1.36 bits per heavy atom. The Balaban J connectivity index is 0.00000242. The van der Waals surface area contributed by atoms with Crippen LogP contribution in [0, 0.1) is 0 Å². The molecule has 0 spiro atoms. The second-order valence-corrected chi connectivity index (χ2v) is 4.77. The van der Waals surface area contributed by atoms with Crippen LogP contribution in [0.4, 0.5) is 0 Å². The van der Waals surface area contributed by atoms with Crippen molar-refractivity contribution in [3.8, 4) is 11.5 Å². The summed E-state index contributed by atoms with van der Waals surface area (Å²) >= 11 is 0. The van der Waals surface area contributed by atoms with E-state index in [1.807, 2.05) is 25.1 Å². The first-order chi connectivity index (χ1) is 10.2. The third-order valence-electron chi connectivity index (χ3n) is 3.30. The fourth-order valence-electron chi connectivity index (χ4n) is 2.12. The van der Waals surface area contributed by atoms with E-state index in [0.717, 1.165) is 17.1 Å². The van der Waals surface area contributed by atoms with E-state index in [1.165, 1.54) is 0 Å². The molecule has 1 N–H and O–H groups in total. The van der Waals surface area contributed by atoms with Gasteiger partial charge in [-0.2, -0.15) is 0 Å². The van der Waals surface area contributed by atoms with E-state index in [1.54, 1.807) is 12.0 Å². The van der Waals surface area contributed by atoms with Crippen molar-refractivity contribution in [2.75, 3.05) is 40.1 Å². The number of halogens is 1. The Morgan fingerprint density at radius 2 is 2.14 bits per heavy atom. The van der Waals surface area contributed by atoms with Gasteiger partial charge in [0.1, 0.15) is 0 Å². The van der Waals surface area contributed by atoms with Gasteiger partial charge in [0.15, 0.2) is 11.5 Å². The van der Waals surface area contributed by atoms with Crippen LogP contribution in [0.2, 0.25) is 0 Å². The highest BCUT2D eigenvalue weighted by atomic mass is 35.5. The van der Waals surface area contributed by atoms with Gasteiger partial charge in [-0.25, -0.2) is 0 Å². The standard InChI is InChI=1S/C15H22N2O4.ClH/c1-3-17(15(18)9-16-6-7-19-2)10-12-4-5-13-14(8-12)21-11-20-13;/h4-5,8,16H,3,6-7,9-11H2,1-2H3;1H. The average molecular weight is 331 g/mol. The number of fused-ring (bicyclic) bond motifs is 1. The summed E-state index contributed by atoms with van der Waals surface area (Å²) < 4.78 is 15.6. The average Bonchev–Trinajstić information content (AvgIpc) is 2.96. The third-order valence-corrected chi connectivity index (χ3v) is 3.30. The molecule has 0 aliphatic carbocycles. The maximum Gasteiger partial charge on any atom is 0.236 e. The molecule has 0 saturated heterocycles. The highest BCUT2D eigenvalue weighted by Gasteiger charge is 2.16. The molecule has 0 saturated carbocycles. The van der Waals surface area contributed by atoms with Crippen molar-refractivity contribution < 1.29 is 19.0 Å². The number of carbonyl (C=O) groups is 1. The zero-order valence-corrected chi connectivity index (χ0v) is 13.8. The number of nitrogens with one attached hydrogen (secondary N) is 1. The van der Waals surface area contributed by atoms with E-state index in [0.29, 0.717) is 32.8 Å². The third kappa shape index (κ3) is 5.05. The number of methoxy groups -OCH3 is 1. The number of amides is 1. The summed E-state index contributed by atoms with van der Waals surface area (Å²) in [4.78, 5) is 13.9. The number of ether oxygens (including phenoxy) is 3. The van der Waals surface area contributed by atoms with E-state index in [-0.39, 0.29) is 25.1 Å². The van der Waals surface area contributed by atoms with Gasteiger partial charge in [0.2, 0.25) is 12.7 Å². The van der Waals surface area contributed by atoms with Gasteiger partial charge in [0.05, 0.1) is 13.2 Å². The quantitative estimate of drug-likeness (QED) is 0.731. The van der Waals surface area contributed by atoms with Gasteiger partial charge in [-0.1, -0.05) is 6.07 Å². The van der Waals surface area contributed by atoms with E-state index in [4.69, 9.17) is 14.2 Å². The highest BCUT2D eigenvalue weighted by molar-refractivity contribution is 5.85. The first kappa shape index (κ1) is 18.5. The Bertz CT molecular complexity index is 485. The lowest BCUT2D eigenvalue weighted by atomic mass is 10.2. The molecule has 0 unspecified atom stereocenters. The molecule has 7 heteroatoms. The predicted octanol–water partition coefficient (Wildman–Crippen LogP) is 1.42. The lowest BCUT2D eigenvalue weighted by molar-refractivity contribution is -0.130. The predicted molar refractivity (Wildman–Crippen MR) is 85.6 cm³/mol. The van der Waals surface area contributed by atoms with Crippen molar-refractivity contribution in [1.29, 1.82) is 0 Å². The molecule has 1 aliphatic rings. The molecule has 0 aromatic heterocycles. The molecule has 6 nitrogen and oxygen atoms in total. The van der Waals surface area contributed by atoms with E-state index < -0.39 is 0 Å².